The maximum atomic E-state index is 12.7. The third-order valence-electron chi connectivity index (χ3n) is 4.66. The molecule has 0 radical (unpaired) electrons. The Hall–Kier alpha value is -1.35. The van der Waals surface area contributed by atoms with E-state index in [2.05, 4.69) is 10.6 Å². The van der Waals surface area contributed by atoms with Crippen molar-refractivity contribution in [1.82, 2.24) is 15.5 Å². The van der Waals surface area contributed by atoms with E-state index in [9.17, 15) is 18.0 Å². The summed E-state index contributed by atoms with van der Waals surface area (Å²) in [5.41, 5.74) is 0. The highest BCUT2D eigenvalue weighted by Gasteiger charge is 2.33. The van der Waals surface area contributed by atoms with Gasteiger partial charge in [-0.25, -0.2) is 13.2 Å². The van der Waals surface area contributed by atoms with E-state index < -0.39 is 21.9 Å². The number of carbonyl (C=O) groups excluding carboxylic acids is 2. The summed E-state index contributed by atoms with van der Waals surface area (Å²) < 4.78 is 28.2. The van der Waals surface area contributed by atoms with Crippen molar-refractivity contribution in [2.75, 3.05) is 37.8 Å². The summed E-state index contributed by atoms with van der Waals surface area (Å²) in [5.74, 6) is -0.0640. The van der Waals surface area contributed by atoms with Crippen molar-refractivity contribution in [1.29, 1.82) is 0 Å². The monoisotopic (exact) mass is 361 g/mol. The van der Waals surface area contributed by atoms with Crippen molar-refractivity contribution in [3.63, 3.8) is 0 Å². The van der Waals surface area contributed by atoms with Crippen molar-refractivity contribution >= 4 is 21.8 Å². The molecule has 2 aliphatic rings. The molecule has 0 spiro atoms. The van der Waals surface area contributed by atoms with Crippen LogP contribution in [0.1, 0.15) is 26.7 Å². The van der Waals surface area contributed by atoms with Gasteiger partial charge < -0.3 is 20.3 Å². The van der Waals surface area contributed by atoms with Gasteiger partial charge in [-0.2, -0.15) is 0 Å². The smallest absolute Gasteiger partial charge is 0.315 e. The van der Waals surface area contributed by atoms with Gasteiger partial charge in [-0.1, -0.05) is 20.3 Å². The number of nitrogens with one attached hydrogen (secondary N) is 2. The van der Waals surface area contributed by atoms with E-state index in [1.54, 1.807) is 4.90 Å². The fourth-order valence-electron chi connectivity index (χ4n) is 2.94. The van der Waals surface area contributed by atoms with Gasteiger partial charge in [-0.3, -0.25) is 4.79 Å². The summed E-state index contributed by atoms with van der Waals surface area (Å²) in [6, 6.07) is -1.49. The Morgan fingerprint density at radius 2 is 1.96 bits per heavy atom. The summed E-state index contributed by atoms with van der Waals surface area (Å²) in [4.78, 5) is 26.6. The molecule has 3 atom stereocenters. The summed E-state index contributed by atoms with van der Waals surface area (Å²) in [7, 11) is -3.06. The van der Waals surface area contributed by atoms with Crippen LogP contribution in [0.2, 0.25) is 0 Å². The van der Waals surface area contributed by atoms with E-state index in [0.29, 0.717) is 32.7 Å². The van der Waals surface area contributed by atoms with Crippen LogP contribution in [0, 0.1) is 5.92 Å². The molecule has 2 rings (SSSR count). The summed E-state index contributed by atoms with van der Waals surface area (Å²) in [5, 5.41) is 5.42. The molecule has 0 aromatic carbocycles. The van der Waals surface area contributed by atoms with E-state index in [4.69, 9.17) is 4.74 Å². The molecule has 0 saturated carbocycles. The number of morpholine rings is 1. The number of urea groups is 1. The molecule has 24 heavy (non-hydrogen) atoms. The molecule has 0 aromatic rings. The van der Waals surface area contributed by atoms with Crippen LogP contribution in [0.25, 0.3) is 0 Å². The van der Waals surface area contributed by atoms with E-state index >= 15 is 0 Å². The van der Waals surface area contributed by atoms with Gasteiger partial charge in [0.1, 0.15) is 6.04 Å². The van der Waals surface area contributed by atoms with E-state index in [-0.39, 0.29) is 29.4 Å². The van der Waals surface area contributed by atoms with Crippen molar-refractivity contribution < 1.29 is 22.7 Å². The van der Waals surface area contributed by atoms with Crippen LogP contribution in [0.5, 0.6) is 0 Å². The highest BCUT2D eigenvalue weighted by atomic mass is 32.2. The molecule has 2 heterocycles. The first kappa shape index (κ1) is 19.0. The van der Waals surface area contributed by atoms with Gasteiger partial charge in [0.25, 0.3) is 0 Å². The average molecular weight is 361 g/mol. The molecule has 2 aliphatic heterocycles. The Morgan fingerprint density at radius 3 is 2.50 bits per heavy atom. The molecule has 3 unspecified atom stereocenters. The lowest BCUT2D eigenvalue weighted by Crippen LogP contribution is -2.57. The molecule has 0 aromatic heterocycles. The first-order valence-electron chi connectivity index (χ1n) is 8.46. The first-order chi connectivity index (χ1) is 11.3. The quantitative estimate of drug-likeness (QED) is 0.702. The second-order valence-electron chi connectivity index (χ2n) is 6.52. The standard InChI is InChI=1S/C15H27N3O5S/c1-3-11(2)13(14(19)18-5-7-23-8-6-18)17-15(20)16-12-4-9-24(21,22)10-12/h11-13H,3-10H2,1-2H3,(H2,16,17,20). The number of hydrogen-bond donors (Lipinski definition) is 2. The van der Waals surface area contributed by atoms with Gasteiger partial charge in [0.15, 0.2) is 9.84 Å². The number of nitrogens with zero attached hydrogens (tertiary/aromatic N) is 1. The van der Waals surface area contributed by atoms with Crippen LogP contribution in [-0.4, -0.2) is 75.1 Å². The van der Waals surface area contributed by atoms with Crippen LogP contribution in [0.15, 0.2) is 0 Å². The summed E-state index contributed by atoms with van der Waals surface area (Å²) in [6.07, 6.45) is 1.17. The van der Waals surface area contributed by atoms with E-state index in [1.807, 2.05) is 13.8 Å². The highest BCUT2D eigenvalue weighted by molar-refractivity contribution is 7.91. The zero-order valence-corrected chi connectivity index (χ0v) is 15.1. The number of ether oxygens (including phenoxy) is 1. The SMILES string of the molecule is CCC(C)C(NC(=O)NC1CCS(=O)(=O)C1)C(=O)N1CCOCC1. The summed E-state index contributed by atoms with van der Waals surface area (Å²) >= 11 is 0. The molecule has 2 saturated heterocycles. The zero-order valence-electron chi connectivity index (χ0n) is 14.3. The second-order valence-corrected chi connectivity index (χ2v) is 8.75. The van der Waals surface area contributed by atoms with E-state index in [0.717, 1.165) is 6.42 Å². The maximum Gasteiger partial charge on any atom is 0.315 e. The van der Waals surface area contributed by atoms with E-state index in [1.165, 1.54) is 0 Å². The van der Waals surface area contributed by atoms with Gasteiger partial charge in [0.05, 0.1) is 24.7 Å². The number of sulfone groups is 1. The molecule has 2 fully saturated rings. The van der Waals surface area contributed by atoms with Crippen molar-refractivity contribution in [2.24, 2.45) is 5.92 Å². The molecule has 138 valence electrons. The minimum atomic E-state index is -3.06. The Bertz CT molecular complexity index is 559. The van der Waals surface area contributed by atoms with Crippen molar-refractivity contribution in [2.45, 2.75) is 38.8 Å². The van der Waals surface area contributed by atoms with Crippen LogP contribution in [0.3, 0.4) is 0 Å². The summed E-state index contributed by atoms with van der Waals surface area (Å²) in [6.45, 7) is 5.94. The minimum absolute atomic E-state index is 0.0154. The van der Waals surface area contributed by atoms with Crippen LogP contribution >= 0.6 is 0 Å². The molecule has 9 heteroatoms. The topological polar surface area (TPSA) is 105 Å². The van der Waals surface area contributed by atoms with Crippen molar-refractivity contribution in [3.05, 3.63) is 0 Å². The first-order valence-corrected chi connectivity index (χ1v) is 10.3. The van der Waals surface area contributed by atoms with Gasteiger partial charge in [0, 0.05) is 19.1 Å². The predicted molar refractivity (Wildman–Crippen MR) is 89.4 cm³/mol. The maximum absolute atomic E-state index is 12.7. The lowest BCUT2D eigenvalue weighted by atomic mass is 9.97. The van der Waals surface area contributed by atoms with Gasteiger partial charge in [0.2, 0.25) is 5.91 Å². The number of hydrogen-bond acceptors (Lipinski definition) is 5. The van der Waals surface area contributed by atoms with Gasteiger partial charge >= 0.3 is 6.03 Å². The average Bonchev–Trinajstić information content (AvgIpc) is 2.90. The number of carbonyl (C=O) groups is 2. The zero-order chi connectivity index (χ0) is 17.7. The third kappa shape index (κ3) is 5.07. The van der Waals surface area contributed by atoms with Gasteiger partial charge in [-0.05, 0) is 12.3 Å². The Balaban J connectivity index is 1.95. The van der Waals surface area contributed by atoms with Crippen LogP contribution in [-0.2, 0) is 19.4 Å². The number of rotatable bonds is 5. The Morgan fingerprint density at radius 1 is 1.29 bits per heavy atom. The molecular formula is C15H27N3O5S. The fourth-order valence-corrected chi connectivity index (χ4v) is 4.61. The second kappa shape index (κ2) is 8.15. The normalized spacial score (nSPS) is 25.8. The lowest BCUT2D eigenvalue weighted by Gasteiger charge is -2.33. The molecule has 0 aliphatic carbocycles. The molecule has 3 amide bonds. The number of amides is 3. The predicted octanol–water partition coefficient (Wildman–Crippen LogP) is -0.254. The molecular weight excluding hydrogens is 334 g/mol. The Labute approximate surface area is 143 Å². The highest BCUT2D eigenvalue weighted by Crippen LogP contribution is 2.14. The third-order valence-corrected chi connectivity index (χ3v) is 6.42. The Kier molecular flexibility index (Phi) is 6.45. The van der Waals surface area contributed by atoms with Gasteiger partial charge in [-0.15, -0.1) is 0 Å². The minimum Gasteiger partial charge on any atom is -0.378 e. The fraction of sp³-hybridized carbons (Fsp3) is 0.867. The van der Waals surface area contributed by atoms with Crippen molar-refractivity contribution in [3.8, 4) is 0 Å². The van der Waals surface area contributed by atoms with Crippen LogP contribution < -0.4 is 10.6 Å². The molecule has 2 N–H and O–H groups in total. The molecule has 8 nitrogen and oxygen atoms in total. The largest absolute Gasteiger partial charge is 0.378 e. The lowest BCUT2D eigenvalue weighted by molar-refractivity contribution is -0.138. The van der Waals surface area contributed by atoms with Crippen LogP contribution in [0.4, 0.5) is 4.79 Å². The molecule has 0 bridgehead atoms.